The number of ether oxygens (including phenoxy) is 4. The van der Waals surface area contributed by atoms with Gasteiger partial charge in [-0.15, -0.1) is 0 Å². The summed E-state index contributed by atoms with van der Waals surface area (Å²) >= 11 is 0. The van der Waals surface area contributed by atoms with Gasteiger partial charge in [-0.1, -0.05) is 65.8 Å². The second-order valence-electron chi connectivity index (χ2n) is 17.3. The molecule has 2 fully saturated rings. The number of carbonyl (C=O) groups excluding carboxylic acids is 2. The summed E-state index contributed by atoms with van der Waals surface area (Å²) in [5.41, 5.74) is 24.5. The minimum Gasteiger partial charge on any atom is -0.507 e. The lowest BCUT2D eigenvalue weighted by molar-refractivity contribution is -0.376. The number of aryl methyl sites for hydroxylation is 2. The molecule has 2 heterocycles. The quantitative estimate of drug-likeness (QED) is 0.154. The molecule has 2 aromatic rings. The Morgan fingerprint density at radius 3 is 1.45 bits per heavy atom. The van der Waals surface area contributed by atoms with Crippen LogP contribution in [0.4, 0.5) is 0 Å². The normalized spacial score (nSPS) is 24.9. The molecular weight excluding hydrogens is 676 g/mol. The fourth-order valence-electron chi connectivity index (χ4n) is 8.27. The number of amides is 2. The van der Waals surface area contributed by atoms with Crippen LogP contribution in [-0.4, -0.2) is 73.1 Å². The lowest BCUT2D eigenvalue weighted by Crippen LogP contribution is -2.70. The van der Waals surface area contributed by atoms with Crippen molar-refractivity contribution in [2.24, 2.45) is 28.3 Å². The van der Waals surface area contributed by atoms with E-state index in [1.165, 1.54) is 0 Å². The lowest BCUT2D eigenvalue weighted by atomic mass is 9.55. The zero-order chi connectivity index (χ0) is 39.5. The van der Waals surface area contributed by atoms with E-state index in [0.717, 1.165) is 0 Å². The van der Waals surface area contributed by atoms with E-state index in [0.29, 0.717) is 72.2 Å². The van der Waals surface area contributed by atoms with E-state index in [9.17, 15) is 19.8 Å². The molecule has 10 N–H and O–H groups in total. The number of phenols is 2. The number of carbonyl (C=O) groups is 2. The first-order valence-electron chi connectivity index (χ1n) is 18.9. The van der Waals surface area contributed by atoms with Gasteiger partial charge >= 0.3 is 0 Å². The fourth-order valence-corrected chi connectivity index (χ4v) is 8.27. The number of hydrogen-bond donors (Lipinski definition) is 6. The van der Waals surface area contributed by atoms with E-state index in [-0.39, 0.29) is 44.2 Å². The first-order chi connectivity index (χ1) is 24.7. The van der Waals surface area contributed by atoms with Crippen LogP contribution in [0.1, 0.15) is 125 Å². The van der Waals surface area contributed by atoms with Crippen LogP contribution >= 0.6 is 0 Å². The van der Waals surface area contributed by atoms with E-state index in [4.69, 9.17) is 41.9 Å². The van der Waals surface area contributed by atoms with Gasteiger partial charge in [-0.05, 0) is 96.8 Å². The van der Waals surface area contributed by atoms with Crippen LogP contribution in [0.25, 0.3) is 0 Å². The van der Waals surface area contributed by atoms with Crippen molar-refractivity contribution in [1.82, 2.24) is 0 Å². The summed E-state index contributed by atoms with van der Waals surface area (Å²) in [5.74, 6) is -2.52. The van der Waals surface area contributed by atoms with Crippen LogP contribution in [0.15, 0.2) is 24.3 Å². The van der Waals surface area contributed by atoms with Gasteiger partial charge in [0.05, 0.1) is 30.8 Å². The van der Waals surface area contributed by atoms with Crippen LogP contribution in [0.5, 0.6) is 11.5 Å². The molecule has 296 valence electrons. The third-order valence-electron chi connectivity index (χ3n) is 11.0. The highest BCUT2D eigenvalue weighted by Gasteiger charge is 2.66. The summed E-state index contributed by atoms with van der Waals surface area (Å²) in [6.07, 6.45) is 0.596. The molecule has 3 unspecified atom stereocenters. The highest BCUT2D eigenvalue weighted by atomic mass is 16.7. The minimum absolute atomic E-state index is 0.1000. The molecule has 0 aromatic heterocycles. The summed E-state index contributed by atoms with van der Waals surface area (Å²) in [4.78, 5) is 26.9. The molecule has 0 saturated carbocycles. The van der Waals surface area contributed by atoms with Crippen molar-refractivity contribution in [2.45, 2.75) is 135 Å². The Morgan fingerprint density at radius 1 is 0.717 bits per heavy atom. The summed E-state index contributed by atoms with van der Waals surface area (Å²) in [5, 5.41) is 22.7. The third-order valence-corrected chi connectivity index (χ3v) is 11.0. The third kappa shape index (κ3) is 9.01. The molecule has 0 radical (unpaired) electrons. The first kappa shape index (κ1) is 42.5. The summed E-state index contributed by atoms with van der Waals surface area (Å²) in [6, 6.07) is 7.55. The van der Waals surface area contributed by atoms with Crippen LogP contribution in [0.2, 0.25) is 0 Å². The number of aromatic hydroxyl groups is 2. The molecule has 2 aliphatic heterocycles. The van der Waals surface area contributed by atoms with E-state index >= 15 is 0 Å². The highest BCUT2D eigenvalue weighted by Crippen LogP contribution is 2.60. The van der Waals surface area contributed by atoms with E-state index in [2.05, 4.69) is 0 Å². The molecule has 1 spiro atoms. The SMILES string of the molecule is Cc1cc(C(CC(N)=O)C2(C(CC(N)=O)c3cc(C)c(O)c(C(C)(C)C)c3)OC(CCCN)OCC23COC(CCCN)OC3)cc(C(C)(C)C)c1O. The van der Waals surface area contributed by atoms with Gasteiger partial charge in [0.1, 0.15) is 11.5 Å². The molecule has 0 bridgehead atoms. The predicted molar refractivity (Wildman–Crippen MR) is 204 cm³/mol. The van der Waals surface area contributed by atoms with Gasteiger partial charge in [0.2, 0.25) is 11.8 Å². The van der Waals surface area contributed by atoms with Crippen molar-refractivity contribution < 1.29 is 38.7 Å². The van der Waals surface area contributed by atoms with Crippen LogP contribution in [-0.2, 0) is 39.4 Å². The minimum atomic E-state index is -1.50. The Balaban J connectivity index is 2.19. The molecule has 2 aromatic carbocycles. The average Bonchev–Trinajstić information content (AvgIpc) is 3.07. The number of nitrogens with two attached hydrogens (primary N) is 4. The van der Waals surface area contributed by atoms with Crippen LogP contribution < -0.4 is 22.9 Å². The maximum atomic E-state index is 13.4. The van der Waals surface area contributed by atoms with E-state index in [1.807, 2.05) is 79.7 Å². The lowest BCUT2D eigenvalue weighted by Gasteiger charge is -2.62. The molecule has 53 heavy (non-hydrogen) atoms. The fraction of sp³-hybridized carbons (Fsp3) is 0.659. The number of primary amides is 2. The molecule has 4 rings (SSSR count). The molecule has 2 saturated heterocycles. The Hall–Kier alpha value is -3.26. The summed E-state index contributed by atoms with van der Waals surface area (Å²) in [6.45, 7) is 16.8. The topological polar surface area (TPSA) is 216 Å². The number of rotatable bonds is 14. The van der Waals surface area contributed by atoms with Gasteiger partial charge < -0.3 is 52.1 Å². The van der Waals surface area contributed by atoms with E-state index < -0.39 is 58.1 Å². The second-order valence-corrected chi connectivity index (χ2v) is 17.3. The Labute approximate surface area is 315 Å². The Bertz CT molecular complexity index is 1510. The maximum Gasteiger partial charge on any atom is 0.218 e. The average molecular weight is 741 g/mol. The summed E-state index contributed by atoms with van der Waals surface area (Å²) < 4.78 is 26.9. The van der Waals surface area contributed by atoms with Crippen molar-refractivity contribution in [3.63, 3.8) is 0 Å². The largest absolute Gasteiger partial charge is 0.507 e. The van der Waals surface area contributed by atoms with Gasteiger partial charge in [0, 0.05) is 24.7 Å². The zero-order valence-corrected chi connectivity index (χ0v) is 33.1. The maximum absolute atomic E-state index is 13.4. The predicted octanol–water partition coefficient (Wildman–Crippen LogP) is 4.88. The monoisotopic (exact) mass is 740 g/mol. The standard InChI is InChI=1S/C41H64N4O8/c1-24-15-26(17-30(36(24)48)38(3,4)5)28(19-32(44)46)41(29(20-33(45)47)27-16-25(2)37(49)31(18-27)39(6,7)8)40(23-52-35(53-41)12-10-14-43)21-50-34(51-22-40)11-9-13-42/h15-18,28-29,34-35,48-49H,9-14,19-23,42-43H2,1-8H3,(H2,44,46)(H2,45,47). The van der Waals surface area contributed by atoms with Crippen LogP contribution in [0, 0.1) is 19.3 Å². The highest BCUT2D eigenvalue weighted by molar-refractivity contribution is 5.77. The molecule has 12 heteroatoms. The number of hydrogen-bond acceptors (Lipinski definition) is 10. The van der Waals surface area contributed by atoms with Gasteiger partial charge in [0.15, 0.2) is 12.6 Å². The van der Waals surface area contributed by atoms with Crippen molar-refractivity contribution >= 4 is 11.8 Å². The van der Waals surface area contributed by atoms with Crippen molar-refractivity contribution in [1.29, 1.82) is 0 Å². The van der Waals surface area contributed by atoms with Gasteiger partial charge in [-0.3, -0.25) is 9.59 Å². The van der Waals surface area contributed by atoms with Crippen LogP contribution in [0.3, 0.4) is 0 Å². The van der Waals surface area contributed by atoms with E-state index in [1.54, 1.807) is 0 Å². The van der Waals surface area contributed by atoms with Gasteiger partial charge in [0.25, 0.3) is 0 Å². The number of phenolic OH excluding ortho intramolecular Hbond substituents is 2. The molecular formula is C41H64N4O8. The Morgan fingerprint density at radius 2 is 1.09 bits per heavy atom. The van der Waals surface area contributed by atoms with Crippen molar-refractivity contribution in [3.05, 3.63) is 57.6 Å². The smallest absolute Gasteiger partial charge is 0.218 e. The molecule has 3 atom stereocenters. The second kappa shape index (κ2) is 16.6. The Kier molecular flexibility index (Phi) is 13.3. The number of benzene rings is 2. The first-order valence-corrected chi connectivity index (χ1v) is 18.9. The molecule has 12 nitrogen and oxygen atoms in total. The molecule has 0 aliphatic carbocycles. The molecule has 2 amide bonds. The van der Waals surface area contributed by atoms with Gasteiger partial charge in [-0.25, -0.2) is 0 Å². The summed E-state index contributed by atoms with van der Waals surface area (Å²) in [7, 11) is 0. The molecule has 2 aliphatic rings. The zero-order valence-electron chi connectivity index (χ0n) is 33.1. The van der Waals surface area contributed by atoms with Crippen molar-refractivity contribution in [3.8, 4) is 11.5 Å². The van der Waals surface area contributed by atoms with Gasteiger partial charge in [-0.2, -0.15) is 0 Å². The van der Waals surface area contributed by atoms with Crippen molar-refractivity contribution in [2.75, 3.05) is 32.9 Å².